The van der Waals surface area contributed by atoms with E-state index in [-0.39, 0.29) is 5.56 Å². The van der Waals surface area contributed by atoms with Gasteiger partial charge in [-0.05, 0) is 69.6 Å². The molecular formula is C23H14ClIN4O. The van der Waals surface area contributed by atoms with Crippen LogP contribution < -0.4 is 5.56 Å². The van der Waals surface area contributed by atoms with Gasteiger partial charge in [0.05, 0.1) is 18.2 Å². The fourth-order valence-electron chi connectivity index (χ4n) is 3.54. The number of hydrogen-bond donors (Lipinski definition) is 1. The number of hydrogen-bond acceptors (Lipinski definition) is 3. The molecule has 0 radical (unpaired) electrons. The van der Waals surface area contributed by atoms with Crippen molar-refractivity contribution in [3.8, 4) is 27.9 Å². The quantitative estimate of drug-likeness (QED) is 0.308. The van der Waals surface area contributed by atoms with Crippen LogP contribution in [-0.2, 0) is 0 Å². The lowest BCUT2D eigenvalue weighted by molar-refractivity contribution is 0.896. The predicted octanol–water partition coefficient (Wildman–Crippen LogP) is 5.70. The molecule has 3 aromatic carbocycles. The first-order valence-electron chi connectivity index (χ1n) is 9.18. The Balaban J connectivity index is 1.84. The first-order chi connectivity index (χ1) is 14.6. The van der Waals surface area contributed by atoms with Gasteiger partial charge in [-0.25, -0.2) is 9.67 Å². The predicted molar refractivity (Wildman–Crippen MR) is 128 cm³/mol. The Morgan fingerprint density at radius 1 is 0.933 bits per heavy atom. The lowest BCUT2D eigenvalue weighted by Crippen LogP contribution is -2.07. The second kappa shape index (κ2) is 7.70. The van der Waals surface area contributed by atoms with E-state index < -0.39 is 0 Å². The Labute approximate surface area is 190 Å². The third kappa shape index (κ3) is 3.32. The molecule has 0 fully saturated rings. The number of benzene rings is 3. The maximum atomic E-state index is 12.2. The molecule has 0 atom stereocenters. The van der Waals surface area contributed by atoms with E-state index in [4.69, 9.17) is 11.6 Å². The van der Waals surface area contributed by atoms with Crippen molar-refractivity contribution in [3.05, 3.63) is 98.2 Å². The maximum absolute atomic E-state index is 12.2. The summed E-state index contributed by atoms with van der Waals surface area (Å²) >= 11 is 8.40. The van der Waals surface area contributed by atoms with Gasteiger partial charge in [0.25, 0.3) is 5.56 Å². The smallest absolute Gasteiger partial charge is 0.261 e. The van der Waals surface area contributed by atoms with Gasteiger partial charge in [0, 0.05) is 14.2 Å². The monoisotopic (exact) mass is 524 g/mol. The molecule has 0 unspecified atom stereocenters. The van der Waals surface area contributed by atoms with E-state index in [1.54, 1.807) is 10.9 Å². The van der Waals surface area contributed by atoms with Gasteiger partial charge in [0.1, 0.15) is 5.39 Å². The lowest BCUT2D eigenvalue weighted by Gasteiger charge is -2.16. The zero-order valence-electron chi connectivity index (χ0n) is 15.5. The molecule has 30 heavy (non-hydrogen) atoms. The van der Waals surface area contributed by atoms with Gasteiger partial charge in [0.2, 0.25) is 0 Å². The molecule has 146 valence electrons. The molecule has 5 nitrogen and oxygen atoms in total. The molecule has 2 aromatic heterocycles. The van der Waals surface area contributed by atoms with E-state index >= 15 is 0 Å². The van der Waals surface area contributed by atoms with Crippen LogP contribution in [0.4, 0.5) is 0 Å². The number of H-pyrrole nitrogens is 1. The number of fused-ring (bicyclic) bond motifs is 1. The summed E-state index contributed by atoms with van der Waals surface area (Å²) in [5.41, 5.74) is 5.27. The van der Waals surface area contributed by atoms with E-state index in [9.17, 15) is 4.79 Å². The van der Waals surface area contributed by atoms with Crippen LogP contribution in [0.25, 0.3) is 39.0 Å². The van der Waals surface area contributed by atoms with Gasteiger partial charge in [-0.3, -0.25) is 4.79 Å². The standard InChI is InChI=1S/C23H14ClIN4O/c24-16-8-4-14(5-9-16)18-2-1-3-20(21(18)15-6-10-17(25)11-7-15)29-22-19(12-28-29)23(30)27-13-26-22/h1-13H,(H,26,27,30). The van der Waals surface area contributed by atoms with Crippen LogP contribution in [0.1, 0.15) is 0 Å². The Morgan fingerprint density at radius 2 is 1.67 bits per heavy atom. The molecule has 5 aromatic rings. The van der Waals surface area contributed by atoms with Crippen molar-refractivity contribution in [1.29, 1.82) is 0 Å². The Kier molecular flexibility index (Phi) is 4.88. The Bertz CT molecular complexity index is 1420. The van der Waals surface area contributed by atoms with E-state index in [0.717, 1.165) is 31.5 Å². The van der Waals surface area contributed by atoms with Gasteiger partial charge < -0.3 is 4.98 Å². The fourth-order valence-corrected chi connectivity index (χ4v) is 4.02. The van der Waals surface area contributed by atoms with Gasteiger partial charge in [-0.2, -0.15) is 5.10 Å². The van der Waals surface area contributed by atoms with Gasteiger partial charge >= 0.3 is 0 Å². The number of rotatable bonds is 3. The normalized spacial score (nSPS) is 11.1. The largest absolute Gasteiger partial charge is 0.312 e. The fraction of sp³-hybridized carbons (Fsp3) is 0. The molecule has 0 amide bonds. The number of halogens is 2. The molecule has 0 aliphatic heterocycles. The second-order valence-corrected chi connectivity index (χ2v) is 8.42. The third-order valence-electron chi connectivity index (χ3n) is 4.93. The number of nitrogens with one attached hydrogen (secondary N) is 1. The average molecular weight is 525 g/mol. The number of aromatic amines is 1. The van der Waals surface area contributed by atoms with Crippen molar-refractivity contribution >= 4 is 45.2 Å². The van der Waals surface area contributed by atoms with Crippen LogP contribution in [0.15, 0.2) is 84.0 Å². The van der Waals surface area contributed by atoms with E-state index in [0.29, 0.717) is 16.1 Å². The van der Waals surface area contributed by atoms with Crippen LogP contribution in [0.3, 0.4) is 0 Å². The molecule has 0 bridgehead atoms. The minimum Gasteiger partial charge on any atom is -0.312 e. The first kappa shape index (κ1) is 19.0. The zero-order valence-corrected chi connectivity index (χ0v) is 18.4. The third-order valence-corrected chi connectivity index (χ3v) is 5.90. The molecular weight excluding hydrogens is 511 g/mol. The molecule has 7 heteroatoms. The first-order valence-corrected chi connectivity index (χ1v) is 10.6. The molecule has 0 aliphatic carbocycles. The highest BCUT2D eigenvalue weighted by molar-refractivity contribution is 14.1. The van der Waals surface area contributed by atoms with Gasteiger partial charge in [0.15, 0.2) is 5.65 Å². The molecule has 2 heterocycles. The van der Waals surface area contributed by atoms with Gasteiger partial charge in [-0.1, -0.05) is 48.0 Å². The topological polar surface area (TPSA) is 63.6 Å². The molecule has 5 rings (SSSR count). The molecule has 0 spiro atoms. The van der Waals surface area contributed by atoms with Crippen LogP contribution in [0.2, 0.25) is 5.02 Å². The van der Waals surface area contributed by atoms with E-state index in [1.807, 2.05) is 36.4 Å². The van der Waals surface area contributed by atoms with Crippen molar-refractivity contribution in [1.82, 2.24) is 19.7 Å². The molecule has 0 saturated carbocycles. The van der Waals surface area contributed by atoms with Crippen LogP contribution in [-0.4, -0.2) is 19.7 Å². The van der Waals surface area contributed by atoms with Crippen molar-refractivity contribution in [2.45, 2.75) is 0 Å². The lowest BCUT2D eigenvalue weighted by atomic mass is 9.93. The highest BCUT2D eigenvalue weighted by atomic mass is 127. The highest BCUT2D eigenvalue weighted by Gasteiger charge is 2.17. The van der Waals surface area contributed by atoms with Crippen molar-refractivity contribution in [2.24, 2.45) is 0 Å². The minimum absolute atomic E-state index is 0.212. The van der Waals surface area contributed by atoms with Crippen molar-refractivity contribution in [2.75, 3.05) is 0 Å². The Morgan fingerprint density at radius 3 is 2.43 bits per heavy atom. The highest BCUT2D eigenvalue weighted by Crippen LogP contribution is 2.38. The van der Waals surface area contributed by atoms with Crippen LogP contribution >= 0.6 is 34.2 Å². The summed E-state index contributed by atoms with van der Waals surface area (Å²) in [5.74, 6) is 0. The summed E-state index contributed by atoms with van der Waals surface area (Å²) in [6.07, 6.45) is 2.95. The minimum atomic E-state index is -0.212. The summed E-state index contributed by atoms with van der Waals surface area (Å²) in [6, 6.07) is 22.1. The second-order valence-electron chi connectivity index (χ2n) is 6.74. The van der Waals surface area contributed by atoms with Crippen molar-refractivity contribution < 1.29 is 0 Å². The summed E-state index contributed by atoms with van der Waals surface area (Å²) in [6.45, 7) is 0. The number of nitrogens with zero attached hydrogens (tertiary/aromatic N) is 3. The molecule has 0 saturated heterocycles. The summed E-state index contributed by atoms with van der Waals surface area (Å²) in [4.78, 5) is 19.1. The summed E-state index contributed by atoms with van der Waals surface area (Å²) < 4.78 is 2.87. The number of aromatic nitrogens is 4. The summed E-state index contributed by atoms with van der Waals surface area (Å²) in [7, 11) is 0. The van der Waals surface area contributed by atoms with Crippen molar-refractivity contribution in [3.63, 3.8) is 0 Å². The Hall–Kier alpha value is -2.97. The molecule has 0 aliphatic rings. The molecule has 1 N–H and O–H groups in total. The average Bonchev–Trinajstić information content (AvgIpc) is 3.20. The summed E-state index contributed by atoms with van der Waals surface area (Å²) in [5, 5.41) is 5.62. The maximum Gasteiger partial charge on any atom is 0.261 e. The van der Waals surface area contributed by atoms with Crippen LogP contribution in [0.5, 0.6) is 0 Å². The van der Waals surface area contributed by atoms with E-state index in [2.05, 4.69) is 68.0 Å². The zero-order chi connectivity index (χ0) is 20.7. The van der Waals surface area contributed by atoms with Gasteiger partial charge in [-0.15, -0.1) is 0 Å². The van der Waals surface area contributed by atoms with E-state index in [1.165, 1.54) is 6.33 Å². The van der Waals surface area contributed by atoms with Crippen LogP contribution in [0, 0.1) is 3.57 Å². The SMILES string of the molecule is O=c1[nH]cnc2c1cnn2-c1cccc(-c2ccc(Cl)cc2)c1-c1ccc(I)cc1.